The first-order valence-electron chi connectivity index (χ1n) is 3.01. The van der Waals surface area contributed by atoms with Gasteiger partial charge in [-0.05, 0) is 12.1 Å². The van der Waals surface area contributed by atoms with E-state index < -0.39 is 0 Å². The van der Waals surface area contributed by atoms with Crippen molar-refractivity contribution in [2.24, 2.45) is 0 Å². The van der Waals surface area contributed by atoms with Crippen LogP contribution in [0.4, 0.5) is 4.39 Å². The zero-order valence-electron chi connectivity index (χ0n) is 5.63. The highest BCUT2D eigenvalue weighted by Gasteiger charge is 1.95. The van der Waals surface area contributed by atoms with Crippen LogP contribution in [0, 0.1) is 0 Å². The zero-order valence-corrected chi connectivity index (χ0v) is 8.03. The Balaban J connectivity index is 2.65. The first-order chi connectivity index (χ1) is 5.33. The van der Waals surface area contributed by atoms with Crippen LogP contribution in [-0.4, -0.2) is 0 Å². The van der Waals surface area contributed by atoms with Gasteiger partial charge >= 0.3 is 0 Å². The quantitative estimate of drug-likeness (QED) is 0.697. The number of halogens is 2. The van der Waals surface area contributed by atoms with Gasteiger partial charge in [-0.1, -0.05) is 45.9 Å². The molecule has 0 fully saturated rings. The Labute approximate surface area is 77.6 Å². The van der Waals surface area contributed by atoms with Gasteiger partial charge in [0.25, 0.3) is 0 Å². The average Bonchev–Trinajstić information content (AvgIpc) is 2.06. The Morgan fingerprint density at radius 1 is 1.36 bits per heavy atom. The molecule has 1 rings (SSSR count). The number of thioether (sulfide) groups is 1. The molecule has 3 heteroatoms. The van der Waals surface area contributed by atoms with Crippen molar-refractivity contribution < 1.29 is 4.39 Å². The molecule has 1 aromatic rings. The van der Waals surface area contributed by atoms with Crippen molar-refractivity contribution in [3.05, 3.63) is 40.5 Å². The van der Waals surface area contributed by atoms with E-state index in [0.717, 1.165) is 16.7 Å². The zero-order chi connectivity index (χ0) is 8.10. The van der Waals surface area contributed by atoms with Crippen LogP contribution in [0.2, 0.25) is 0 Å². The second-order valence-electron chi connectivity index (χ2n) is 1.83. The van der Waals surface area contributed by atoms with Crippen LogP contribution in [-0.2, 0) is 0 Å². The molecule has 0 nitrogen and oxygen atoms in total. The maximum absolute atomic E-state index is 12.6. The molecule has 0 bridgehead atoms. The van der Waals surface area contributed by atoms with Crippen molar-refractivity contribution in [1.82, 2.24) is 0 Å². The monoisotopic (exact) mass is 232 g/mol. The van der Waals surface area contributed by atoms with E-state index in [9.17, 15) is 4.39 Å². The SMILES string of the molecule is F/C(=C\Br)Sc1ccccc1. The molecule has 0 spiro atoms. The summed E-state index contributed by atoms with van der Waals surface area (Å²) in [5.74, 6) is 0. The van der Waals surface area contributed by atoms with E-state index in [0.29, 0.717) is 0 Å². The first kappa shape index (κ1) is 8.81. The molecule has 0 N–H and O–H groups in total. The summed E-state index contributed by atoms with van der Waals surface area (Å²) in [6, 6.07) is 9.38. The first-order valence-corrected chi connectivity index (χ1v) is 4.75. The predicted molar refractivity (Wildman–Crippen MR) is 50.4 cm³/mol. The van der Waals surface area contributed by atoms with Crippen LogP contribution in [0.1, 0.15) is 0 Å². The lowest BCUT2D eigenvalue weighted by Gasteiger charge is -1.94. The molecule has 0 aliphatic heterocycles. The fourth-order valence-electron chi connectivity index (χ4n) is 0.623. The molecule has 0 unspecified atom stereocenters. The highest BCUT2D eigenvalue weighted by molar-refractivity contribution is 9.11. The minimum Gasteiger partial charge on any atom is -0.198 e. The Hall–Kier alpha value is -0.280. The van der Waals surface area contributed by atoms with Crippen LogP contribution in [0.3, 0.4) is 0 Å². The fraction of sp³-hybridized carbons (Fsp3) is 0. The molecule has 0 aromatic heterocycles. The Morgan fingerprint density at radius 3 is 2.55 bits per heavy atom. The minimum atomic E-state index is -0.240. The van der Waals surface area contributed by atoms with Crippen molar-refractivity contribution in [2.75, 3.05) is 0 Å². The molecule has 11 heavy (non-hydrogen) atoms. The fourth-order valence-corrected chi connectivity index (χ4v) is 1.47. The molecule has 0 amide bonds. The van der Waals surface area contributed by atoms with Crippen molar-refractivity contribution in [2.45, 2.75) is 4.90 Å². The summed E-state index contributed by atoms with van der Waals surface area (Å²) < 4.78 is 12.6. The summed E-state index contributed by atoms with van der Waals surface area (Å²) in [7, 11) is 0. The third-order valence-electron chi connectivity index (χ3n) is 1.04. The van der Waals surface area contributed by atoms with E-state index in [-0.39, 0.29) is 5.16 Å². The van der Waals surface area contributed by atoms with Crippen LogP contribution in [0.15, 0.2) is 45.4 Å². The second kappa shape index (κ2) is 4.57. The number of hydrogen-bond donors (Lipinski definition) is 0. The Bertz CT molecular complexity index is 246. The van der Waals surface area contributed by atoms with Gasteiger partial charge in [-0.25, -0.2) is 0 Å². The summed E-state index contributed by atoms with van der Waals surface area (Å²) in [5.41, 5.74) is 0. The maximum Gasteiger partial charge on any atom is 0.168 e. The van der Waals surface area contributed by atoms with Crippen molar-refractivity contribution >= 4 is 27.7 Å². The van der Waals surface area contributed by atoms with Gasteiger partial charge in [0.05, 0.1) is 0 Å². The van der Waals surface area contributed by atoms with E-state index >= 15 is 0 Å². The van der Waals surface area contributed by atoms with Gasteiger partial charge in [-0.15, -0.1) is 0 Å². The number of hydrogen-bond acceptors (Lipinski definition) is 1. The molecular weight excluding hydrogens is 227 g/mol. The normalized spacial score (nSPS) is 11.6. The molecule has 0 aliphatic rings. The molecule has 0 radical (unpaired) electrons. The van der Waals surface area contributed by atoms with E-state index in [1.54, 1.807) is 0 Å². The van der Waals surface area contributed by atoms with Crippen LogP contribution < -0.4 is 0 Å². The van der Waals surface area contributed by atoms with Crippen LogP contribution >= 0.6 is 27.7 Å². The van der Waals surface area contributed by atoms with Crippen LogP contribution in [0.5, 0.6) is 0 Å². The molecule has 0 aliphatic carbocycles. The lowest BCUT2D eigenvalue weighted by atomic mass is 10.4. The van der Waals surface area contributed by atoms with Gasteiger partial charge in [0, 0.05) is 9.88 Å². The lowest BCUT2D eigenvalue weighted by molar-refractivity contribution is 0.702. The predicted octanol–water partition coefficient (Wildman–Crippen LogP) is 3.94. The number of rotatable bonds is 2. The maximum atomic E-state index is 12.6. The third kappa shape index (κ3) is 3.08. The highest BCUT2D eigenvalue weighted by Crippen LogP contribution is 2.27. The largest absolute Gasteiger partial charge is 0.198 e. The van der Waals surface area contributed by atoms with E-state index in [4.69, 9.17) is 0 Å². The third-order valence-corrected chi connectivity index (χ3v) is 2.57. The second-order valence-corrected chi connectivity index (χ2v) is 3.35. The Kier molecular flexibility index (Phi) is 3.66. The molecule has 0 saturated heterocycles. The number of benzene rings is 1. The van der Waals surface area contributed by atoms with E-state index in [1.165, 1.54) is 4.99 Å². The van der Waals surface area contributed by atoms with Gasteiger partial charge in [0.15, 0.2) is 5.16 Å². The lowest BCUT2D eigenvalue weighted by Crippen LogP contribution is -1.67. The van der Waals surface area contributed by atoms with Crippen molar-refractivity contribution in [3.8, 4) is 0 Å². The Morgan fingerprint density at radius 2 is 2.00 bits per heavy atom. The van der Waals surface area contributed by atoms with Crippen LogP contribution in [0.25, 0.3) is 0 Å². The summed E-state index contributed by atoms with van der Waals surface area (Å²) in [4.78, 5) is 2.17. The molecule has 1 aromatic carbocycles. The van der Waals surface area contributed by atoms with E-state index in [1.807, 2.05) is 30.3 Å². The molecule has 0 atom stereocenters. The van der Waals surface area contributed by atoms with Crippen molar-refractivity contribution in [1.29, 1.82) is 0 Å². The standard InChI is InChI=1S/C8H6BrFS/c9-6-8(10)11-7-4-2-1-3-5-7/h1-6H/b8-6+. The van der Waals surface area contributed by atoms with Gasteiger partial charge in [-0.3, -0.25) is 0 Å². The van der Waals surface area contributed by atoms with Crippen molar-refractivity contribution in [3.63, 3.8) is 0 Å². The van der Waals surface area contributed by atoms with Gasteiger partial charge in [0.1, 0.15) is 0 Å². The molecular formula is C8H6BrFS. The minimum absolute atomic E-state index is 0.240. The summed E-state index contributed by atoms with van der Waals surface area (Å²) in [5, 5.41) is -0.240. The summed E-state index contributed by atoms with van der Waals surface area (Å²) in [6.45, 7) is 0. The summed E-state index contributed by atoms with van der Waals surface area (Å²) in [6.07, 6.45) is 0. The van der Waals surface area contributed by atoms with Gasteiger partial charge in [0.2, 0.25) is 0 Å². The molecule has 0 heterocycles. The average molecular weight is 233 g/mol. The van der Waals surface area contributed by atoms with Gasteiger partial charge < -0.3 is 0 Å². The van der Waals surface area contributed by atoms with E-state index in [2.05, 4.69) is 15.9 Å². The molecule has 58 valence electrons. The topological polar surface area (TPSA) is 0 Å². The van der Waals surface area contributed by atoms with Gasteiger partial charge in [-0.2, -0.15) is 4.39 Å². The molecule has 0 saturated carbocycles. The highest BCUT2D eigenvalue weighted by atomic mass is 79.9. The summed E-state index contributed by atoms with van der Waals surface area (Å²) >= 11 is 4.01. The smallest absolute Gasteiger partial charge is 0.168 e.